The quantitative estimate of drug-likeness (QED) is 0.793. The van der Waals surface area contributed by atoms with Crippen LogP contribution in [0.5, 0.6) is 0 Å². The van der Waals surface area contributed by atoms with Gasteiger partial charge in [0.15, 0.2) is 0 Å². The molecule has 1 atom stereocenters. The number of aliphatic hydroxyl groups excluding tert-OH is 1. The van der Waals surface area contributed by atoms with Crippen molar-refractivity contribution in [3.05, 3.63) is 35.4 Å². The van der Waals surface area contributed by atoms with Gasteiger partial charge in [0.05, 0.1) is 17.1 Å². The van der Waals surface area contributed by atoms with Crippen LogP contribution < -0.4 is 0 Å². The van der Waals surface area contributed by atoms with Gasteiger partial charge in [0, 0.05) is 46.3 Å². The van der Waals surface area contributed by atoms with Crippen LogP contribution in [0.25, 0.3) is 0 Å². The molecule has 0 bridgehead atoms. The summed E-state index contributed by atoms with van der Waals surface area (Å²) in [6.07, 6.45) is -4.05. The Morgan fingerprint density at radius 2 is 1.89 bits per heavy atom. The Morgan fingerprint density at radius 1 is 1.25 bits per heavy atom. The van der Waals surface area contributed by atoms with Gasteiger partial charge in [-0.1, -0.05) is 18.2 Å². The maximum absolute atomic E-state index is 13.0. The largest absolute Gasteiger partial charge is 0.416 e. The van der Waals surface area contributed by atoms with Gasteiger partial charge in [-0.05, 0) is 31.5 Å². The van der Waals surface area contributed by atoms with E-state index in [1.807, 2.05) is 0 Å². The van der Waals surface area contributed by atoms with Crippen molar-refractivity contribution in [3.63, 3.8) is 0 Å². The van der Waals surface area contributed by atoms with Crippen molar-refractivity contribution in [2.45, 2.75) is 30.5 Å². The Hall–Kier alpha value is -1.64. The van der Waals surface area contributed by atoms with E-state index < -0.39 is 23.3 Å². The van der Waals surface area contributed by atoms with Crippen molar-refractivity contribution >= 4 is 5.91 Å². The van der Waals surface area contributed by atoms with Crippen LogP contribution in [-0.4, -0.2) is 85.2 Å². The zero-order valence-corrected chi connectivity index (χ0v) is 16.4. The molecule has 28 heavy (non-hydrogen) atoms. The summed E-state index contributed by atoms with van der Waals surface area (Å²) in [5, 5.41) is 10.4. The van der Waals surface area contributed by atoms with Crippen molar-refractivity contribution in [1.29, 1.82) is 0 Å². The second kappa shape index (κ2) is 8.00. The molecule has 0 spiro atoms. The van der Waals surface area contributed by atoms with Crippen LogP contribution in [-0.2, 0) is 16.4 Å². The lowest BCUT2D eigenvalue weighted by Crippen LogP contribution is -2.49. The smallest absolute Gasteiger partial charge is 0.390 e. The monoisotopic (exact) mass is 399 g/mol. The topological polar surface area (TPSA) is 47.0 Å². The zero-order valence-electron chi connectivity index (χ0n) is 16.4. The molecule has 1 aromatic carbocycles. The zero-order chi connectivity index (χ0) is 20.5. The molecule has 1 saturated heterocycles. The summed E-state index contributed by atoms with van der Waals surface area (Å²) >= 11 is 0. The van der Waals surface area contributed by atoms with Gasteiger partial charge in [-0.2, -0.15) is 13.2 Å². The van der Waals surface area contributed by atoms with Crippen LogP contribution in [0.3, 0.4) is 0 Å². The first-order valence-electron chi connectivity index (χ1n) is 9.64. The number of hydrogen-bond acceptors (Lipinski definition) is 4. The third-order valence-electron chi connectivity index (χ3n) is 5.80. The van der Waals surface area contributed by atoms with Crippen LogP contribution in [0.1, 0.15) is 24.0 Å². The highest BCUT2D eigenvalue weighted by Crippen LogP contribution is 2.50. The molecule has 2 aliphatic rings. The van der Waals surface area contributed by atoms with Crippen LogP contribution in [0.2, 0.25) is 0 Å². The minimum atomic E-state index is -4.43. The molecular formula is C20H28F3N3O2. The summed E-state index contributed by atoms with van der Waals surface area (Å²) in [7, 11) is 3.67. The Bertz CT molecular complexity index is 698. The lowest BCUT2D eigenvalue weighted by Gasteiger charge is -2.34. The van der Waals surface area contributed by atoms with Crippen LogP contribution in [0.15, 0.2) is 24.3 Å². The number of carbonyl (C=O) groups excluding carboxylic acids is 1. The minimum Gasteiger partial charge on any atom is -0.390 e. The van der Waals surface area contributed by atoms with Crippen molar-refractivity contribution in [1.82, 2.24) is 14.7 Å². The van der Waals surface area contributed by atoms with Crippen molar-refractivity contribution in [2.24, 2.45) is 0 Å². The molecule has 1 aliphatic heterocycles. The Labute approximate surface area is 163 Å². The second-order valence-corrected chi connectivity index (χ2v) is 8.10. The summed E-state index contributed by atoms with van der Waals surface area (Å²) in [5.74, 6) is -0.218. The van der Waals surface area contributed by atoms with Crippen molar-refractivity contribution < 1.29 is 23.1 Å². The molecular weight excluding hydrogens is 371 g/mol. The summed E-state index contributed by atoms with van der Waals surface area (Å²) in [4.78, 5) is 18.8. The highest BCUT2D eigenvalue weighted by Gasteiger charge is 2.53. The van der Waals surface area contributed by atoms with E-state index in [1.165, 1.54) is 11.0 Å². The number of rotatable bonds is 6. The van der Waals surface area contributed by atoms with E-state index >= 15 is 0 Å². The summed E-state index contributed by atoms with van der Waals surface area (Å²) in [5.41, 5.74) is -1.21. The molecule has 8 heteroatoms. The molecule has 3 rings (SSSR count). The number of halogens is 3. The van der Waals surface area contributed by atoms with Crippen molar-refractivity contribution in [2.75, 3.05) is 53.4 Å². The van der Waals surface area contributed by atoms with Gasteiger partial charge in [0.25, 0.3) is 0 Å². The molecule has 0 aromatic heterocycles. The number of hydrogen-bond donors (Lipinski definition) is 1. The second-order valence-electron chi connectivity index (χ2n) is 8.10. The number of amides is 1. The fourth-order valence-electron chi connectivity index (χ4n) is 3.89. The first-order chi connectivity index (χ1) is 13.1. The minimum absolute atomic E-state index is 0.173. The van der Waals surface area contributed by atoms with Gasteiger partial charge in [-0.25, -0.2) is 0 Å². The van der Waals surface area contributed by atoms with Gasteiger partial charge in [-0.15, -0.1) is 0 Å². The van der Waals surface area contributed by atoms with Gasteiger partial charge in [0.1, 0.15) is 0 Å². The third kappa shape index (κ3) is 4.67. The van der Waals surface area contributed by atoms with Crippen LogP contribution in [0, 0.1) is 0 Å². The van der Waals surface area contributed by atoms with E-state index in [9.17, 15) is 23.1 Å². The summed E-state index contributed by atoms with van der Waals surface area (Å²) in [6.45, 7) is 4.30. The first kappa shape index (κ1) is 21.1. The molecule has 2 fully saturated rings. The molecule has 1 unspecified atom stereocenters. The number of nitrogens with zero attached hydrogens (tertiary/aromatic N) is 3. The average molecular weight is 399 g/mol. The number of aliphatic hydroxyl groups is 1. The molecule has 1 N–H and O–H groups in total. The fourth-order valence-corrected chi connectivity index (χ4v) is 3.89. The van der Waals surface area contributed by atoms with E-state index in [2.05, 4.69) is 16.8 Å². The van der Waals surface area contributed by atoms with E-state index in [4.69, 9.17) is 0 Å². The molecule has 0 radical (unpaired) electrons. The van der Waals surface area contributed by atoms with Crippen LogP contribution >= 0.6 is 0 Å². The summed E-state index contributed by atoms with van der Waals surface area (Å²) < 4.78 is 39.1. The number of benzene rings is 1. The molecule has 1 heterocycles. The predicted molar refractivity (Wildman–Crippen MR) is 99.9 cm³/mol. The molecule has 156 valence electrons. The van der Waals surface area contributed by atoms with E-state index in [1.54, 1.807) is 13.1 Å². The Balaban J connectivity index is 1.61. The fraction of sp³-hybridized carbons (Fsp3) is 0.650. The Morgan fingerprint density at radius 3 is 2.46 bits per heavy atom. The van der Waals surface area contributed by atoms with Gasteiger partial charge in [-0.3, -0.25) is 9.69 Å². The van der Waals surface area contributed by atoms with E-state index in [0.29, 0.717) is 24.9 Å². The van der Waals surface area contributed by atoms with Crippen LogP contribution in [0.4, 0.5) is 13.2 Å². The number of piperazine rings is 1. The lowest BCUT2D eigenvalue weighted by atomic mass is 9.92. The van der Waals surface area contributed by atoms with Gasteiger partial charge < -0.3 is 14.9 Å². The number of likely N-dealkylation sites (N-methyl/N-ethyl adjacent to an activating group) is 2. The lowest BCUT2D eigenvalue weighted by molar-refractivity contribution is -0.138. The predicted octanol–water partition coefficient (Wildman–Crippen LogP) is 1.80. The number of carbonyl (C=O) groups is 1. The first-order valence-corrected chi connectivity index (χ1v) is 9.64. The standard InChI is InChI=1S/C20H28F3N3O2/c1-24-8-10-26(11-9-24)14-17(27)13-25(2)18(28)19(6-7-19)15-4-3-5-16(12-15)20(21,22)23/h3-5,12,17,27H,6-11,13-14H2,1-2H3. The Kier molecular flexibility index (Phi) is 6.03. The summed E-state index contributed by atoms with van der Waals surface area (Å²) in [6, 6.07) is 5.05. The highest BCUT2D eigenvalue weighted by atomic mass is 19.4. The van der Waals surface area contributed by atoms with Gasteiger partial charge >= 0.3 is 6.18 Å². The van der Waals surface area contributed by atoms with E-state index in [-0.39, 0.29) is 12.5 Å². The molecule has 1 amide bonds. The third-order valence-corrected chi connectivity index (χ3v) is 5.80. The highest BCUT2D eigenvalue weighted by molar-refractivity contribution is 5.91. The number of alkyl halides is 3. The molecule has 5 nitrogen and oxygen atoms in total. The number of β-amino-alcohol motifs (C(OH)–C–C–N with tert-alkyl or cyclic N) is 1. The maximum atomic E-state index is 13.0. The van der Waals surface area contributed by atoms with Gasteiger partial charge in [0.2, 0.25) is 5.91 Å². The molecule has 1 aromatic rings. The molecule has 1 aliphatic carbocycles. The molecule has 1 saturated carbocycles. The average Bonchev–Trinajstić information content (AvgIpc) is 3.44. The normalized spacial score (nSPS) is 21.4. The SMILES string of the molecule is CN1CCN(CC(O)CN(C)C(=O)C2(c3cccc(C(F)(F)F)c3)CC2)CC1. The van der Waals surface area contributed by atoms with E-state index in [0.717, 1.165) is 38.3 Å². The maximum Gasteiger partial charge on any atom is 0.416 e. The van der Waals surface area contributed by atoms with Crippen molar-refractivity contribution in [3.8, 4) is 0 Å².